The van der Waals surface area contributed by atoms with Crippen LogP contribution in [0.3, 0.4) is 0 Å². The van der Waals surface area contributed by atoms with Crippen LogP contribution in [0.5, 0.6) is 0 Å². The second-order valence-electron chi connectivity index (χ2n) is 8.06. The minimum Gasteiger partial charge on any atom is -0.356 e. The fourth-order valence-electron chi connectivity index (χ4n) is 3.27. The third-order valence-electron chi connectivity index (χ3n) is 4.75. The zero-order valence-corrected chi connectivity index (χ0v) is 18.4. The first kappa shape index (κ1) is 21.2. The second kappa shape index (κ2) is 8.45. The van der Waals surface area contributed by atoms with E-state index in [0.29, 0.717) is 31.1 Å². The molecule has 0 N–H and O–H groups in total. The van der Waals surface area contributed by atoms with Crippen LogP contribution in [0.25, 0.3) is 0 Å². The first-order valence-electron chi connectivity index (χ1n) is 9.37. The topological polar surface area (TPSA) is 62.6 Å². The summed E-state index contributed by atoms with van der Waals surface area (Å²) in [6, 6.07) is 10.0. The molecule has 1 saturated heterocycles. The number of carbonyl (C=O) groups excluding carboxylic acids is 1. The highest BCUT2D eigenvalue weighted by molar-refractivity contribution is 9.10. The Hall–Kier alpha value is -1.54. The highest BCUT2D eigenvalue weighted by Gasteiger charge is 2.36. The Balaban J connectivity index is 1.82. The smallest absolute Gasteiger partial charge is 0.179 e. The molecule has 1 aliphatic rings. The van der Waals surface area contributed by atoms with Crippen molar-refractivity contribution in [3.8, 4) is 0 Å². The van der Waals surface area contributed by atoms with Gasteiger partial charge in [-0.3, -0.25) is 4.57 Å². The predicted octanol–water partition coefficient (Wildman–Crippen LogP) is 3.99. The lowest BCUT2D eigenvalue weighted by atomic mass is 9.88. The van der Waals surface area contributed by atoms with Gasteiger partial charge < -0.3 is 19.0 Å². The van der Waals surface area contributed by atoms with Gasteiger partial charge in [0.15, 0.2) is 10.5 Å². The molecule has 6 nitrogen and oxygen atoms in total. The molecule has 1 unspecified atom stereocenters. The molecule has 28 heavy (non-hydrogen) atoms. The summed E-state index contributed by atoms with van der Waals surface area (Å²) in [7, 11) is 0. The Morgan fingerprint density at radius 1 is 1.36 bits per heavy atom. The van der Waals surface area contributed by atoms with Crippen molar-refractivity contribution in [1.29, 1.82) is 0 Å². The molecule has 0 amide bonds. The van der Waals surface area contributed by atoms with Gasteiger partial charge in [-0.05, 0) is 49.2 Å². The molecule has 2 aromatic rings. The van der Waals surface area contributed by atoms with Gasteiger partial charge in [0, 0.05) is 12.1 Å². The highest BCUT2D eigenvalue weighted by Crippen LogP contribution is 2.31. The quantitative estimate of drug-likeness (QED) is 0.568. The van der Waals surface area contributed by atoms with E-state index >= 15 is 0 Å². The standard InChI is InChI=1S/C21H27BrN2O4/c1-20(2,13-25)18-17(10-16-12-27-21(3,4)28-16)24(19(22)23-18)14-26-11-15-8-6-5-7-9-15/h5-9,13,16H,10-12,14H2,1-4H3. The molecule has 0 spiro atoms. The van der Waals surface area contributed by atoms with Crippen molar-refractivity contribution >= 4 is 22.2 Å². The molecule has 3 rings (SSSR count). The van der Waals surface area contributed by atoms with Crippen molar-refractivity contribution in [2.45, 2.75) is 64.8 Å². The van der Waals surface area contributed by atoms with Crippen LogP contribution in [0.4, 0.5) is 0 Å². The molecular formula is C21H27BrN2O4. The van der Waals surface area contributed by atoms with Gasteiger partial charge in [-0.25, -0.2) is 4.98 Å². The summed E-state index contributed by atoms with van der Waals surface area (Å²) in [5.74, 6) is -0.600. The van der Waals surface area contributed by atoms with Crippen LogP contribution in [0, 0.1) is 0 Å². The molecule has 0 aliphatic carbocycles. The van der Waals surface area contributed by atoms with Gasteiger partial charge in [0.2, 0.25) is 0 Å². The maximum absolute atomic E-state index is 11.7. The zero-order chi connectivity index (χ0) is 20.4. The lowest BCUT2D eigenvalue weighted by molar-refractivity contribution is -0.138. The normalized spacial score (nSPS) is 19.1. The second-order valence-corrected chi connectivity index (χ2v) is 8.77. The first-order chi connectivity index (χ1) is 13.2. The van der Waals surface area contributed by atoms with Crippen molar-refractivity contribution in [3.63, 3.8) is 0 Å². The van der Waals surface area contributed by atoms with Gasteiger partial charge in [0.25, 0.3) is 0 Å². The average Bonchev–Trinajstić information content (AvgIpc) is 3.16. The molecule has 1 fully saturated rings. The van der Waals surface area contributed by atoms with Crippen molar-refractivity contribution in [2.24, 2.45) is 0 Å². The molecule has 1 aliphatic heterocycles. The van der Waals surface area contributed by atoms with Crippen molar-refractivity contribution in [3.05, 3.63) is 52.0 Å². The van der Waals surface area contributed by atoms with E-state index in [9.17, 15) is 4.79 Å². The van der Waals surface area contributed by atoms with Crippen molar-refractivity contribution in [1.82, 2.24) is 9.55 Å². The number of aldehydes is 1. The number of benzene rings is 1. The number of ether oxygens (including phenoxy) is 3. The minimum absolute atomic E-state index is 0.104. The van der Waals surface area contributed by atoms with Crippen LogP contribution < -0.4 is 0 Å². The third kappa shape index (κ3) is 4.89. The van der Waals surface area contributed by atoms with E-state index in [1.54, 1.807) is 0 Å². The number of halogens is 1. The number of rotatable bonds is 8. The zero-order valence-electron chi connectivity index (χ0n) is 16.8. The summed E-state index contributed by atoms with van der Waals surface area (Å²) in [4.78, 5) is 16.3. The van der Waals surface area contributed by atoms with Gasteiger partial charge in [-0.15, -0.1) is 0 Å². The van der Waals surface area contributed by atoms with E-state index in [1.165, 1.54) is 0 Å². The Kier molecular flexibility index (Phi) is 6.39. The van der Waals surface area contributed by atoms with Crippen molar-refractivity contribution in [2.75, 3.05) is 6.61 Å². The summed E-state index contributed by atoms with van der Waals surface area (Å²) < 4.78 is 20.2. The average molecular weight is 451 g/mol. The Labute approximate surface area is 174 Å². The minimum atomic E-state index is -0.711. The lowest BCUT2D eigenvalue weighted by Gasteiger charge is -2.21. The molecule has 1 aromatic carbocycles. The number of hydrogen-bond donors (Lipinski definition) is 0. The van der Waals surface area contributed by atoms with Crippen LogP contribution in [0.1, 0.15) is 44.6 Å². The van der Waals surface area contributed by atoms with Gasteiger partial charge in [0.1, 0.15) is 13.0 Å². The molecule has 2 heterocycles. The third-order valence-corrected chi connectivity index (χ3v) is 5.36. The van der Waals surface area contributed by atoms with Crippen LogP contribution >= 0.6 is 15.9 Å². The van der Waals surface area contributed by atoms with E-state index in [-0.39, 0.29) is 6.10 Å². The van der Waals surface area contributed by atoms with E-state index in [0.717, 1.165) is 23.2 Å². The van der Waals surface area contributed by atoms with E-state index < -0.39 is 11.2 Å². The number of nitrogens with zero attached hydrogens (tertiary/aromatic N) is 2. The molecular weight excluding hydrogens is 424 g/mol. The van der Waals surface area contributed by atoms with Crippen LogP contribution in [-0.4, -0.2) is 34.3 Å². The monoisotopic (exact) mass is 450 g/mol. The molecule has 1 aromatic heterocycles. The molecule has 0 bridgehead atoms. The Morgan fingerprint density at radius 3 is 2.68 bits per heavy atom. The Bertz CT molecular complexity index is 817. The van der Waals surface area contributed by atoms with E-state index in [2.05, 4.69) is 20.9 Å². The van der Waals surface area contributed by atoms with E-state index in [4.69, 9.17) is 14.2 Å². The SMILES string of the molecule is CC1(C)OCC(Cc2c(C(C)(C)C=O)nc(Br)n2COCc2ccccc2)O1. The summed E-state index contributed by atoms with van der Waals surface area (Å²) >= 11 is 3.53. The fourth-order valence-corrected chi connectivity index (χ4v) is 3.77. The van der Waals surface area contributed by atoms with Gasteiger partial charge >= 0.3 is 0 Å². The maximum Gasteiger partial charge on any atom is 0.179 e. The maximum atomic E-state index is 11.7. The Morgan fingerprint density at radius 2 is 2.07 bits per heavy atom. The van der Waals surface area contributed by atoms with Crippen LogP contribution in [0.2, 0.25) is 0 Å². The van der Waals surface area contributed by atoms with Gasteiger partial charge in [-0.1, -0.05) is 30.3 Å². The number of hydrogen-bond acceptors (Lipinski definition) is 5. The molecule has 152 valence electrons. The summed E-state index contributed by atoms with van der Waals surface area (Å²) in [6.07, 6.45) is 1.41. The fraction of sp³-hybridized carbons (Fsp3) is 0.524. The van der Waals surface area contributed by atoms with Gasteiger partial charge in [-0.2, -0.15) is 0 Å². The summed E-state index contributed by atoms with van der Waals surface area (Å²) in [5.41, 5.74) is 2.04. The summed E-state index contributed by atoms with van der Waals surface area (Å²) in [6.45, 7) is 8.85. The van der Waals surface area contributed by atoms with Gasteiger partial charge in [0.05, 0.1) is 30.4 Å². The first-order valence-corrected chi connectivity index (χ1v) is 10.2. The van der Waals surface area contributed by atoms with Crippen LogP contribution in [0.15, 0.2) is 35.1 Å². The highest BCUT2D eigenvalue weighted by atomic mass is 79.9. The van der Waals surface area contributed by atoms with Crippen molar-refractivity contribution < 1.29 is 19.0 Å². The number of aromatic nitrogens is 2. The molecule has 7 heteroatoms. The predicted molar refractivity (Wildman–Crippen MR) is 109 cm³/mol. The summed E-state index contributed by atoms with van der Waals surface area (Å²) in [5, 5.41) is 0. The molecule has 0 saturated carbocycles. The number of imidazole rings is 1. The van der Waals surface area contributed by atoms with Crippen LogP contribution in [-0.2, 0) is 44.2 Å². The lowest BCUT2D eigenvalue weighted by Crippen LogP contribution is -2.26. The number of carbonyl (C=O) groups is 1. The van der Waals surface area contributed by atoms with E-state index in [1.807, 2.05) is 62.6 Å². The molecule has 1 atom stereocenters. The molecule has 0 radical (unpaired) electrons. The largest absolute Gasteiger partial charge is 0.356 e.